The Labute approximate surface area is 178 Å². The Morgan fingerprint density at radius 2 is 2.00 bits per heavy atom. The van der Waals surface area contributed by atoms with Crippen LogP contribution in [0.25, 0.3) is 6.08 Å². The molecule has 1 amide bonds. The van der Waals surface area contributed by atoms with Gasteiger partial charge in [0.05, 0.1) is 12.1 Å². The summed E-state index contributed by atoms with van der Waals surface area (Å²) in [6.07, 6.45) is 10.8. The molecule has 1 aromatic rings. The van der Waals surface area contributed by atoms with E-state index in [2.05, 4.69) is 26.0 Å². The van der Waals surface area contributed by atoms with Gasteiger partial charge < -0.3 is 10.0 Å². The zero-order valence-electron chi connectivity index (χ0n) is 18.1. The number of aliphatic hydroxyl groups is 1. The highest BCUT2D eigenvalue weighted by molar-refractivity contribution is 5.89. The first-order valence-electron chi connectivity index (χ1n) is 11.3. The molecular weight excluding hydrogens is 377 g/mol. The second-order valence-corrected chi connectivity index (χ2v) is 10.5. The molecule has 1 aliphatic heterocycles. The Hall–Kier alpha value is -1.94. The fourth-order valence-corrected chi connectivity index (χ4v) is 7.63. The predicted molar refractivity (Wildman–Crippen MR) is 116 cm³/mol. The Balaban J connectivity index is 1.62. The van der Waals surface area contributed by atoms with Crippen molar-refractivity contribution in [3.05, 3.63) is 53.4 Å². The first-order chi connectivity index (χ1) is 14.2. The van der Waals surface area contributed by atoms with Crippen LogP contribution in [0.1, 0.15) is 51.5 Å². The maximum Gasteiger partial charge on any atom is 0.246 e. The third kappa shape index (κ3) is 2.76. The van der Waals surface area contributed by atoms with Crippen LogP contribution in [-0.4, -0.2) is 35.1 Å². The van der Waals surface area contributed by atoms with Gasteiger partial charge in [-0.15, -0.1) is 0 Å². The van der Waals surface area contributed by atoms with Crippen LogP contribution in [0.2, 0.25) is 0 Å². The Morgan fingerprint density at radius 3 is 2.77 bits per heavy atom. The molecule has 1 heterocycles. The van der Waals surface area contributed by atoms with Crippen molar-refractivity contribution in [3.8, 4) is 0 Å². The minimum atomic E-state index is -0.238. The Morgan fingerprint density at radius 1 is 1.20 bits per heavy atom. The van der Waals surface area contributed by atoms with E-state index in [9.17, 15) is 14.3 Å². The first kappa shape index (κ1) is 20.0. The van der Waals surface area contributed by atoms with Crippen molar-refractivity contribution in [2.45, 2.75) is 58.1 Å². The van der Waals surface area contributed by atoms with Crippen molar-refractivity contribution in [1.29, 1.82) is 0 Å². The van der Waals surface area contributed by atoms with Crippen molar-refractivity contribution >= 4 is 12.0 Å². The number of likely N-dealkylation sites (N-methyl/N-ethyl adjacent to an activating group) is 1. The standard InChI is InChI=1S/C26H32FNO2/c1-25-11-9-21-19(20(25)7-8-22(25)29)15-17(13-16-5-4-6-18(27)14-16)24-26(21,2)12-10-23(30)28(24)3/h4-6,10,12-14,19-22,24,29H,7-9,11,15H2,1-3H3/t19-,20-,21+,22?,24?,25-,26+/m0/s1. The van der Waals surface area contributed by atoms with Crippen LogP contribution in [0.5, 0.6) is 0 Å². The van der Waals surface area contributed by atoms with Gasteiger partial charge in [-0.25, -0.2) is 4.39 Å². The maximum absolute atomic E-state index is 13.9. The summed E-state index contributed by atoms with van der Waals surface area (Å²) in [5.41, 5.74) is 1.93. The average molecular weight is 410 g/mol. The number of halogens is 1. The second-order valence-electron chi connectivity index (χ2n) is 10.5. The number of amides is 1. The molecule has 5 rings (SSSR count). The van der Waals surface area contributed by atoms with Gasteiger partial charge >= 0.3 is 0 Å². The third-order valence-corrected chi connectivity index (χ3v) is 9.12. The summed E-state index contributed by atoms with van der Waals surface area (Å²) < 4.78 is 13.9. The smallest absolute Gasteiger partial charge is 0.246 e. The largest absolute Gasteiger partial charge is 0.393 e. The summed E-state index contributed by atoms with van der Waals surface area (Å²) in [4.78, 5) is 14.5. The predicted octanol–water partition coefficient (Wildman–Crippen LogP) is 4.82. The summed E-state index contributed by atoms with van der Waals surface area (Å²) in [5.74, 6) is 1.27. The van der Waals surface area contributed by atoms with Crippen LogP contribution < -0.4 is 0 Å². The molecule has 0 spiro atoms. The minimum Gasteiger partial charge on any atom is -0.393 e. The molecule has 30 heavy (non-hydrogen) atoms. The molecule has 3 saturated carbocycles. The molecule has 160 valence electrons. The van der Waals surface area contributed by atoms with Crippen LogP contribution in [-0.2, 0) is 4.79 Å². The van der Waals surface area contributed by atoms with Crippen molar-refractivity contribution in [3.63, 3.8) is 0 Å². The summed E-state index contributed by atoms with van der Waals surface area (Å²) in [6, 6.07) is 6.71. The van der Waals surface area contributed by atoms with Crippen LogP contribution in [0.15, 0.2) is 42.0 Å². The fourth-order valence-electron chi connectivity index (χ4n) is 7.63. The number of aliphatic hydroxyl groups excluding tert-OH is 1. The average Bonchev–Trinajstić information content (AvgIpc) is 3.00. The second kappa shape index (κ2) is 6.78. The lowest BCUT2D eigenvalue weighted by Gasteiger charge is -2.60. The maximum atomic E-state index is 13.9. The van der Waals surface area contributed by atoms with Gasteiger partial charge in [0.25, 0.3) is 0 Å². The zero-order chi connectivity index (χ0) is 21.3. The van der Waals surface area contributed by atoms with Crippen molar-refractivity contribution in [2.75, 3.05) is 7.05 Å². The molecular formula is C26H32FNO2. The number of rotatable bonds is 1. The van der Waals surface area contributed by atoms with Gasteiger partial charge in [-0.05, 0) is 84.6 Å². The highest BCUT2D eigenvalue weighted by Gasteiger charge is 2.61. The Kier molecular flexibility index (Phi) is 4.52. The van der Waals surface area contributed by atoms with Gasteiger partial charge in [0.15, 0.2) is 0 Å². The lowest BCUT2D eigenvalue weighted by atomic mass is 9.47. The van der Waals surface area contributed by atoms with E-state index in [-0.39, 0.29) is 34.7 Å². The van der Waals surface area contributed by atoms with Gasteiger partial charge in [-0.2, -0.15) is 0 Å². The summed E-state index contributed by atoms with van der Waals surface area (Å²) in [5, 5.41) is 10.8. The molecule has 0 bridgehead atoms. The molecule has 7 atom stereocenters. The topological polar surface area (TPSA) is 40.5 Å². The number of fused-ring (bicyclic) bond motifs is 5. The van der Waals surface area contributed by atoms with Gasteiger partial charge in [-0.1, -0.05) is 38.1 Å². The molecule has 1 N–H and O–H groups in total. The van der Waals surface area contributed by atoms with Crippen LogP contribution in [0.3, 0.4) is 0 Å². The number of hydrogen-bond donors (Lipinski definition) is 1. The van der Waals surface area contributed by atoms with E-state index in [1.54, 1.807) is 18.2 Å². The molecule has 3 nitrogen and oxygen atoms in total. The van der Waals surface area contributed by atoms with E-state index in [0.29, 0.717) is 17.8 Å². The van der Waals surface area contributed by atoms with E-state index < -0.39 is 0 Å². The van der Waals surface area contributed by atoms with E-state index in [0.717, 1.165) is 37.7 Å². The molecule has 3 aliphatic carbocycles. The van der Waals surface area contributed by atoms with E-state index in [1.165, 1.54) is 11.6 Å². The van der Waals surface area contributed by atoms with Crippen molar-refractivity contribution in [2.24, 2.45) is 28.6 Å². The fraction of sp³-hybridized carbons (Fsp3) is 0.577. The number of benzene rings is 1. The number of hydrogen-bond acceptors (Lipinski definition) is 2. The van der Waals surface area contributed by atoms with E-state index in [4.69, 9.17) is 0 Å². The normalized spacial score (nSPS) is 44.0. The highest BCUT2D eigenvalue weighted by atomic mass is 19.1. The number of nitrogens with zero attached hydrogens (tertiary/aromatic N) is 1. The summed E-state index contributed by atoms with van der Waals surface area (Å²) >= 11 is 0. The monoisotopic (exact) mass is 409 g/mol. The van der Waals surface area contributed by atoms with E-state index >= 15 is 0 Å². The third-order valence-electron chi connectivity index (χ3n) is 9.12. The molecule has 0 radical (unpaired) electrons. The van der Waals surface area contributed by atoms with Crippen LogP contribution in [0, 0.1) is 34.4 Å². The van der Waals surface area contributed by atoms with Gasteiger partial charge in [-0.3, -0.25) is 4.79 Å². The Bertz CT molecular complexity index is 939. The molecule has 0 aromatic heterocycles. The van der Waals surface area contributed by atoms with Crippen LogP contribution in [0.4, 0.5) is 4.39 Å². The molecule has 0 saturated heterocycles. The van der Waals surface area contributed by atoms with Crippen LogP contribution >= 0.6 is 0 Å². The molecule has 3 fully saturated rings. The SMILES string of the molecule is CN1C(=O)C=C[C@@]2(C)C1C(=Cc1cccc(F)c1)C[C@@H]1[C@H]2CC[C@]2(C)C(O)CC[C@@H]12. The quantitative estimate of drug-likeness (QED) is 0.722. The lowest BCUT2D eigenvalue weighted by molar-refractivity contribution is -0.135. The van der Waals surface area contributed by atoms with Gasteiger partial charge in [0.1, 0.15) is 5.82 Å². The van der Waals surface area contributed by atoms with Crippen molar-refractivity contribution < 1.29 is 14.3 Å². The number of carbonyl (C=O) groups is 1. The molecule has 4 heteroatoms. The van der Waals surface area contributed by atoms with Gasteiger partial charge in [0, 0.05) is 12.5 Å². The molecule has 2 unspecified atom stereocenters. The lowest BCUT2D eigenvalue weighted by Crippen LogP contribution is -2.60. The van der Waals surface area contributed by atoms with Crippen molar-refractivity contribution in [1.82, 2.24) is 4.90 Å². The summed E-state index contributed by atoms with van der Waals surface area (Å²) in [6.45, 7) is 4.59. The van der Waals surface area contributed by atoms with Gasteiger partial charge in [0.2, 0.25) is 5.91 Å². The molecule has 4 aliphatic rings. The number of carbonyl (C=O) groups excluding carboxylic acids is 1. The molecule has 1 aromatic carbocycles. The minimum absolute atomic E-state index is 0.00444. The first-order valence-corrected chi connectivity index (χ1v) is 11.3. The van der Waals surface area contributed by atoms with E-state index in [1.807, 2.05) is 18.0 Å². The summed E-state index contributed by atoms with van der Waals surface area (Å²) in [7, 11) is 1.90. The highest BCUT2D eigenvalue weighted by Crippen LogP contribution is 2.64. The zero-order valence-corrected chi connectivity index (χ0v) is 18.1.